The summed E-state index contributed by atoms with van der Waals surface area (Å²) in [7, 11) is 0.240. The van der Waals surface area contributed by atoms with Crippen molar-refractivity contribution in [2.45, 2.75) is 11.8 Å². The lowest BCUT2D eigenvalue weighted by Gasteiger charge is -1.94. The molecule has 0 fully saturated rings. The van der Waals surface area contributed by atoms with Crippen LogP contribution in [0.25, 0.3) is 0 Å². The number of nitrogens with one attached hydrogen (secondary N) is 1. The molecule has 0 saturated heterocycles. The van der Waals surface area contributed by atoms with Gasteiger partial charge in [0.05, 0.1) is 16.6 Å². The van der Waals surface area contributed by atoms with Crippen LogP contribution in [-0.4, -0.2) is 5.75 Å². The van der Waals surface area contributed by atoms with E-state index in [9.17, 15) is 0 Å². The zero-order valence-electron chi connectivity index (χ0n) is 7.13. The Morgan fingerprint density at radius 1 is 1.42 bits per heavy atom. The minimum Gasteiger partial charge on any atom is -0.312 e. The molecule has 1 aromatic rings. The Morgan fingerprint density at radius 3 is 2.92 bits per heavy atom. The van der Waals surface area contributed by atoms with Crippen molar-refractivity contribution in [2.75, 3.05) is 11.1 Å². The Balaban J connectivity index is 2.47. The molecule has 1 unspecified atom stereocenters. The highest BCUT2D eigenvalue weighted by Crippen LogP contribution is 2.35. The fourth-order valence-electron chi connectivity index (χ4n) is 1.46. The summed E-state index contributed by atoms with van der Waals surface area (Å²) in [6.07, 6.45) is 0. The molecule has 1 aliphatic heterocycles. The highest BCUT2D eigenvalue weighted by atomic mass is 32.2. The van der Waals surface area contributed by atoms with E-state index in [1.54, 1.807) is 0 Å². The van der Waals surface area contributed by atoms with E-state index in [1.165, 1.54) is 15.6 Å². The third-order valence-electron chi connectivity index (χ3n) is 2.01. The lowest BCUT2D eigenvalue weighted by molar-refractivity contribution is 1.43. The summed E-state index contributed by atoms with van der Waals surface area (Å²) in [4.78, 5) is 1.42. The highest BCUT2D eigenvalue weighted by molar-refractivity contribution is 8.01. The van der Waals surface area contributed by atoms with Crippen LogP contribution < -0.4 is 5.32 Å². The first kappa shape index (κ1) is 7.74. The molecular formula is C10H12NS+. The molecule has 0 spiro atoms. The number of hydrogen-bond acceptors (Lipinski definition) is 1. The van der Waals surface area contributed by atoms with E-state index in [2.05, 4.69) is 43.1 Å². The van der Waals surface area contributed by atoms with Crippen LogP contribution in [0.15, 0.2) is 40.8 Å². The molecule has 1 aliphatic rings. The molecule has 1 nitrogen and oxygen atoms in total. The van der Waals surface area contributed by atoms with Gasteiger partial charge in [-0.05, 0) is 25.6 Å². The van der Waals surface area contributed by atoms with Crippen molar-refractivity contribution < 1.29 is 0 Å². The molecule has 1 aromatic carbocycles. The van der Waals surface area contributed by atoms with Crippen molar-refractivity contribution in [1.29, 1.82) is 0 Å². The quantitative estimate of drug-likeness (QED) is 0.652. The lowest BCUT2D eigenvalue weighted by Crippen LogP contribution is -2.04. The fraction of sp³-hybridized carbons (Fsp3) is 0.200. The predicted molar refractivity (Wildman–Crippen MR) is 55.4 cm³/mol. The Bertz CT molecular complexity index is 319. The van der Waals surface area contributed by atoms with Gasteiger partial charge in [0.2, 0.25) is 5.03 Å². The van der Waals surface area contributed by atoms with Crippen molar-refractivity contribution in [3.8, 4) is 0 Å². The van der Waals surface area contributed by atoms with Crippen LogP contribution in [-0.2, 0) is 10.9 Å². The summed E-state index contributed by atoms with van der Waals surface area (Å²) < 4.78 is 0. The smallest absolute Gasteiger partial charge is 0.223 e. The molecular weight excluding hydrogens is 166 g/mol. The molecule has 0 radical (unpaired) electrons. The topological polar surface area (TPSA) is 12.0 Å². The summed E-state index contributed by atoms with van der Waals surface area (Å²) >= 11 is 0. The van der Waals surface area contributed by atoms with Gasteiger partial charge in [-0.1, -0.05) is 12.1 Å². The van der Waals surface area contributed by atoms with Crippen molar-refractivity contribution >= 4 is 16.6 Å². The van der Waals surface area contributed by atoms with Gasteiger partial charge in [-0.25, -0.2) is 0 Å². The summed E-state index contributed by atoms with van der Waals surface area (Å²) in [6.45, 7) is 6.23. The normalized spacial score (nSPS) is 20.4. The lowest BCUT2D eigenvalue weighted by atomic mass is 10.3. The van der Waals surface area contributed by atoms with Gasteiger partial charge in [-0.2, -0.15) is 0 Å². The molecule has 62 valence electrons. The number of benzene rings is 1. The molecule has 1 N–H and O–H groups in total. The Labute approximate surface area is 75.8 Å². The Kier molecular flexibility index (Phi) is 1.85. The van der Waals surface area contributed by atoms with Crippen LogP contribution in [0.3, 0.4) is 0 Å². The van der Waals surface area contributed by atoms with Gasteiger partial charge in [-0.3, -0.25) is 0 Å². The van der Waals surface area contributed by atoms with E-state index in [0.717, 1.165) is 5.75 Å². The number of fused-ring (bicyclic) bond motifs is 1. The first-order valence-electron chi connectivity index (χ1n) is 4.08. The zero-order valence-corrected chi connectivity index (χ0v) is 7.95. The molecule has 0 bridgehead atoms. The molecule has 2 rings (SSSR count). The van der Waals surface area contributed by atoms with Crippen LogP contribution in [0.1, 0.15) is 6.92 Å². The maximum atomic E-state index is 4.02. The van der Waals surface area contributed by atoms with Gasteiger partial charge < -0.3 is 5.32 Å². The Morgan fingerprint density at radius 2 is 2.17 bits per heavy atom. The summed E-state index contributed by atoms with van der Waals surface area (Å²) in [6, 6.07) is 8.45. The van der Waals surface area contributed by atoms with Gasteiger partial charge >= 0.3 is 0 Å². The fourth-order valence-corrected chi connectivity index (χ4v) is 3.24. The second kappa shape index (κ2) is 2.87. The predicted octanol–water partition coefficient (Wildman–Crippen LogP) is 2.58. The SMILES string of the molecule is C=C1Nc2ccccc2[S+]1CC. The summed E-state index contributed by atoms with van der Waals surface area (Å²) in [5.74, 6) is 1.16. The molecule has 2 heteroatoms. The standard InChI is InChI=1S/C10H12NS/c1-3-12-8(2)11-9-6-4-5-7-10(9)12/h4-7,11H,2-3H2,1H3/q+1. The molecule has 12 heavy (non-hydrogen) atoms. The molecule has 1 atom stereocenters. The minimum absolute atomic E-state index is 0.240. The van der Waals surface area contributed by atoms with Crippen LogP contribution in [0.4, 0.5) is 5.69 Å². The van der Waals surface area contributed by atoms with Crippen molar-refractivity contribution in [3.63, 3.8) is 0 Å². The molecule has 0 amide bonds. The maximum absolute atomic E-state index is 4.02. The van der Waals surface area contributed by atoms with Crippen molar-refractivity contribution in [2.24, 2.45) is 0 Å². The van der Waals surface area contributed by atoms with E-state index in [0.29, 0.717) is 0 Å². The molecule has 1 heterocycles. The van der Waals surface area contributed by atoms with Crippen molar-refractivity contribution in [3.05, 3.63) is 35.9 Å². The molecule has 0 aliphatic carbocycles. The summed E-state index contributed by atoms with van der Waals surface area (Å²) in [5, 5.41) is 4.48. The first-order valence-corrected chi connectivity index (χ1v) is 5.48. The Hall–Kier alpha value is -0.890. The third kappa shape index (κ3) is 1.03. The average molecular weight is 178 g/mol. The van der Waals surface area contributed by atoms with Gasteiger partial charge in [-0.15, -0.1) is 0 Å². The zero-order chi connectivity index (χ0) is 8.55. The number of para-hydroxylation sites is 1. The first-order chi connectivity index (χ1) is 5.83. The third-order valence-corrected chi connectivity index (χ3v) is 4.17. The van der Waals surface area contributed by atoms with Gasteiger partial charge in [0.25, 0.3) is 0 Å². The molecule has 0 aromatic heterocycles. The largest absolute Gasteiger partial charge is 0.312 e. The number of rotatable bonds is 1. The van der Waals surface area contributed by atoms with Crippen LogP contribution >= 0.6 is 0 Å². The van der Waals surface area contributed by atoms with Crippen LogP contribution in [0.5, 0.6) is 0 Å². The van der Waals surface area contributed by atoms with Gasteiger partial charge in [0.15, 0.2) is 4.90 Å². The summed E-state index contributed by atoms with van der Waals surface area (Å²) in [5.41, 5.74) is 1.24. The maximum Gasteiger partial charge on any atom is 0.223 e. The van der Waals surface area contributed by atoms with Crippen molar-refractivity contribution in [1.82, 2.24) is 0 Å². The van der Waals surface area contributed by atoms with E-state index < -0.39 is 0 Å². The second-order valence-corrected chi connectivity index (χ2v) is 5.02. The molecule has 0 saturated carbocycles. The average Bonchev–Trinajstić information content (AvgIpc) is 2.40. The highest BCUT2D eigenvalue weighted by Gasteiger charge is 2.34. The van der Waals surface area contributed by atoms with Gasteiger partial charge in [0.1, 0.15) is 5.75 Å². The minimum atomic E-state index is 0.240. The van der Waals surface area contributed by atoms with E-state index in [4.69, 9.17) is 0 Å². The number of anilines is 1. The number of hydrogen-bond donors (Lipinski definition) is 1. The van der Waals surface area contributed by atoms with Crippen LogP contribution in [0.2, 0.25) is 0 Å². The van der Waals surface area contributed by atoms with Gasteiger partial charge in [0, 0.05) is 0 Å². The van der Waals surface area contributed by atoms with Crippen LogP contribution in [0, 0.1) is 0 Å². The van der Waals surface area contributed by atoms with E-state index >= 15 is 0 Å². The van der Waals surface area contributed by atoms with E-state index in [-0.39, 0.29) is 10.9 Å². The second-order valence-electron chi connectivity index (χ2n) is 2.72. The van der Waals surface area contributed by atoms with E-state index in [1.807, 2.05) is 0 Å². The monoisotopic (exact) mass is 178 g/mol.